The fourth-order valence-electron chi connectivity index (χ4n) is 2.39. The van der Waals surface area contributed by atoms with Crippen molar-refractivity contribution in [2.45, 2.75) is 19.8 Å². The Hall–Kier alpha value is -1.37. The van der Waals surface area contributed by atoms with E-state index in [1.165, 1.54) is 6.33 Å². The smallest absolute Gasteiger partial charge is 0.150 e. The van der Waals surface area contributed by atoms with Crippen molar-refractivity contribution in [1.29, 1.82) is 0 Å². The van der Waals surface area contributed by atoms with E-state index in [4.69, 9.17) is 0 Å². The highest BCUT2D eigenvalue weighted by atomic mass is 32.2. The van der Waals surface area contributed by atoms with Gasteiger partial charge in [0.2, 0.25) is 0 Å². The fourth-order valence-corrected chi connectivity index (χ4v) is 4.25. The molecular formula is C12H20N4O2S. The van der Waals surface area contributed by atoms with Crippen LogP contribution in [0.5, 0.6) is 0 Å². The van der Waals surface area contributed by atoms with Crippen LogP contribution in [0.2, 0.25) is 0 Å². The van der Waals surface area contributed by atoms with Crippen molar-refractivity contribution in [3.8, 4) is 0 Å². The van der Waals surface area contributed by atoms with Crippen LogP contribution in [0.1, 0.15) is 18.9 Å². The molecule has 0 aliphatic carbocycles. The molecule has 0 aromatic carbocycles. The van der Waals surface area contributed by atoms with Gasteiger partial charge in [0.1, 0.15) is 18.0 Å². The SMILES string of the molecule is CCc1c(NC)ncnc1NCC1CCS(=O)(=O)C1. The van der Waals surface area contributed by atoms with Gasteiger partial charge in [-0.1, -0.05) is 6.92 Å². The zero-order valence-corrected chi connectivity index (χ0v) is 12.1. The molecule has 106 valence electrons. The first kappa shape index (κ1) is 14.0. The molecule has 0 spiro atoms. The van der Waals surface area contributed by atoms with E-state index < -0.39 is 9.84 Å². The monoisotopic (exact) mass is 284 g/mol. The van der Waals surface area contributed by atoms with Gasteiger partial charge in [-0.05, 0) is 18.8 Å². The third-order valence-corrected chi connectivity index (χ3v) is 5.26. The second-order valence-electron chi connectivity index (χ2n) is 4.80. The van der Waals surface area contributed by atoms with Gasteiger partial charge >= 0.3 is 0 Å². The Balaban J connectivity index is 2.04. The predicted octanol–water partition coefficient (Wildman–Crippen LogP) is 0.927. The lowest BCUT2D eigenvalue weighted by atomic mass is 10.1. The summed E-state index contributed by atoms with van der Waals surface area (Å²) >= 11 is 0. The quantitative estimate of drug-likeness (QED) is 0.837. The molecule has 0 bridgehead atoms. The number of aromatic nitrogens is 2. The number of anilines is 2. The molecule has 1 fully saturated rings. The maximum atomic E-state index is 11.4. The number of nitrogens with one attached hydrogen (secondary N) is 2. The lowest BCUT2D eigenvalue weighted by Crippen LogP contribution is -2.17. The first-order valence-corrected chi connectivity index (χ1v) is 8.33. The topological polar surface area (TPSA) is 84.0 Å². The highest BCUT2D eigenvalue weighted by molar-refractivity contribution is 7.91. The van der Waals surface area contributed by atoms with Gasteiger partial charge in [0.25, 0.3) is 0 Å². The molecule has 1 aliphatic heterocycles. The summed E-state index contributed by atoms with van der Waals surface area (Å²) in [5, 5.41) is 6.30. The Bertz CT molecular complexity index is 545. The Morgan fingerprint density at radius 2 is 2.11 bits per heavy atom. The van der Waals surface area contributed by atoms with E-state index in [0.717, 1.165) is 30.0 Å². The largest absolute Gasteiger partial charge is 0.373 e. The lowest BCUT2D eigenvalue weighted by molar-refractivity contribution is 0.595. The summed E-state index contributed by atoms with van der Waals surface area (Å²) in [7, 11) is -0.985. The average Bonchev–Trinajstić information content (AvgIpc) is 2.75. The van der Waals surface area contributed by atoms with Crippen molar-refractivity contribution >= 4 is 21.5 Å². The Morgan fingerprint density at radius 3 is 2.68 bits per heavy atom. The van der Waals surface area contributed by atoms with Gasteiger partial charge in [-0.2, -0.15) is 0 Å². The average molecular weight is 284 g/mol. The van der Waals surface area contributed by atoms with E-state index in [1.54, 1.807) is 0 Å². The Kier molecular flexibility index (Phi) is 4.24. The maximum Gasteiger partial charge on any atom is 0.150 e. The van der Waals surface area contributed by atoms with Gasteiger partial charge in [-0.15, -0.1) is 0 Å². The molecule has 1 unspecified atom stereocenters. The molecule has 0 saturated carbocycles. The van der Waals surface area contributed by atoms with Gasteiger partial charge in [0, 0.05) is 19.2 Å². The van der Waals surface area contributed by atoms with Crippen LogP contribution in [0.25, 0.3) is 0 Å². The second-order valence-corrected chi connectivity index (χ2v) is 7.03. The molecule has 7 heteroatoms. The molecule has 1 aromatic rings. The van der Waals surface area contributed by atoms with Crippen LogP contribution >= 0.6 is 0 Å². The summed E-state index contributed by atoms with van der Waals surface area (Å²) in [6.07, 6.45) is 3.07. The molecule has 19 heavy (non-hydrogen) atoms. The molecule has 2 heterocycles. The van der Waals surface area contributed by atoms with Gasteiger partial charge in [0.15, 0.2) is 9.84 Å². The van der Waals surface area contributed by atoms with E-state index in [1.807, 2.05) is 14.0 Å². The number of hydrogen-bond donors (Lipinski definition) is 2. The van der Waals surface area contributed by atoms with Crippen LogP contribution in [0.4, 0.5) is 11.6 Å². The van der Waals surface area contributed by atoms with Crippen LogP contribution in [0.15, 0.2) is 6.33 Å². The highest BCUT2D eigenvalue weighted by Crippen LogP contribution is 2.22. The predicted molar refractivity (Wildman–Crippen MR) is 76.2 cm³/mol. The first-order chi connectivity index (χ1) is 9.05. The summed E-state index contributed by atoms with van der Waals surface area (Å²) in [4.78, 5) is 8.42. The molecule has 1 aromatic heterocycles. The number of sulfone groups is 1. The highest BCUT2D eigenvalue weighted by Gasteiger charge is 2.27. The van der Waals surface area contributed by atoms with Gasteiger partial charge in [0.05, 0.1) is 11.5 Å². The molecule has 0 radical (unpaired) electrons. The van der Waals surface area contributed by atoms with Gasteiger partial charge < -0.3 is 10.6 Å². The number of nitrogens with zero attached hydrogens (tertiary/aromatic N) is 2. The van der Waals surface area contributed by atoms with E-state index in [2.05, 4.69) is 20.6 Å². The van der Waals surface area contributed by atoms with E-state index in [-0.39, 0.29) is 11.7 Å². The summed E-state index contributed by atoms with van der Waals surface area (Å²) in [5.74, 6) is 2.39. The zero-order chi connectivity index (χ0) is 13.9. The number of hydrogen-bond acceptors (Lipinski definition) is 6. The summed E-state index contributed by atoms with van der Waals surface area (Å²) < 4.78 is 22.8. The number of rotatable bonds is 5. The summed E-state index contributed by atoms with van der Waals surface area (Å²) in [6, 6.07) is 0. The van der Waals surface area contributed by atoms with E-state index in [9.17, 15) is 8.42 Å². The van der Waals surface area contributed by atoms with Crippen molar-refractivity contribution in [2.24, 2.45) is 5.92 Å². The normalized spacial score (nSPS) is 21.3. The molecule has 1 saturated heterocycles. The lowest BCUT2D eigenvalue weighted by Gasteiger charge is -2.14. The Labute approximate surface area is 114 Å². The van der Waals surface area contributed by atoms with E-state index in [0.29, 0.717) is 12.3 Å². The standard InChI is InChI=1S/C12H20N4O2S/c1-3-10-11(13-2)15-8-16-12(10)14-6-9-4-5-19(17,18)7-9/h8-9H,3-7H2,1-2H3,(H2,13,14,15,16). The third-order valence-electron chi connectivity index (χ3n) is 3.42. The summed E-state index contributed by atoms with van der Waals surface area (Å²) in [5.41, 5.74) is 1.03. The summed E-state index contributed by atoms with van der Waals surface area (Å²) in [6.45, 7) is 2.69. The molecule has 2 rings (SSSR count). The van der Waals surface area contributed by atoms with Crippen LogP contribution in [-0.4, -0.2) is 43.5 Å². The molecule has 0 amide bonds. The third kappa shape index (κ3) is 3.34. The second kappa shape index (κ2) is 5.73. The maximum absolute atomic E-state index is 11.4. The molecule has 6 nitrogen and oxygen atoms in total. The zero-order valence-electron chi connectivity index (χ0n) is 11.3. The van der Waals surface area contributed by atoms with Crippen LogP contribution in [0.3, 0.4) is 0 Å². The van der Waals surface area contributed by atoms with Crippen LogP contribution in [-0.2, 0) is 16.3 Å². The van der Waals surface area contributed by atoms with Crippen LogP contribution < -0.4 is 10.6 Å². The minimum Gasteiger partial charge on any atom is -0.373 e. The van der Waals surface area contributed by atoms with Crippen molar-refractivity contribution in [3.63, 3.8) is 0 Å². The molecule has 2 N–H and O–H groups in total. The molecule has 1 aliphatic rings. The van der Waals surface area contributed by atoms with Crippen molar-refractivity contribution in [1.82, 2.24) is 9.97 Å². The molecular weight excluding hydrogens is 264 g/mol. The minimum absolute atomic E-state index is 0.183. The van der Waals surface area contributed by atoms with E-state index >= 15 is 0 Å². The van der Waals surface area contributed by atoms with Crippen molar-refractivity contribution in [3.05, 3.63) is 11.9 Å². The van der Waals surface area contributed by atoms with Gasteiger partial charge in [-0.25, -0.2) is 18.4 Å². The van der Waals surface area contributed by atoms with Gasteiger partial charge in [-0.3, -0.25) is 0 Å². The Morgan fingerprint density at radius 1 is 1.37 bits per heavy atom. The van der Waals surface area contributed by atoms with Crippen molar-refractivity contribution in [2.75, 3.05) is 35.7 Å². The molecule has 1 atom stereocenters. The fraction of sp³-hybridized carbons (Fsp3) is 0.667. The first-order valence-electron chi connectivity index (χ1n) is 6.51. The minimum atomic E-state index is -2.81. The van der Waals surface area contributed by atoms with Crippen LogP contribution in [0, 0.1) is 5.92 Å². The van der Waals surface area contributed by atoms with Crippen molar-refractivity contribution < 1.29 is 8.42 Å².